The van der Waals surface area contributed by atoms with E-state index in [1.54, 1.807) is 37.3 Å². The average Bonchev–Trinajstić information content (AvgIpc) is 3.63. The number of pyridine rings is 1. The van der Waals surface area contributed by atoms with Crippen molar-refractivity contribution in [1.82, 2.24) is 20.5 Å². The SMILES string of the molecule is CNC(=O)c1ccc(C[C@@H](CNC(=O)C[C@H](c2ccc(C)nc2)C2(C(F)(F)F)CC2)N(C)C)c(Cl)c1. The van der Waals surface area contributed by atoms with Crippen LogP contribution in [-0.2, 0) is 11.2 Å². The topological polar surface area (TPSA) is 74.3 Å². The Labute approximate surface area is 214 Å². The molecule has 3 rings (SSSR count). The zero-order chi connectivity index (χ0) is 26.7. The highest BCUT2D eigenvalue weighted by molar-refractivity contribution is 6.31. The highest BCUT2D eigenvalue weighted by Gasteiger charge is 2.67. The van der Waals surface area contributed by atoms with Crippen molar-refractivity contribution in [3.8, 4) is 0 Å². The Morgan fingerprint density at radius 3 is 2.39 bits per heavy atom. The first kappa shape index (κ1) is 27.9. The van der Waals surface area contributed by atoms with E-state index in [1.807, 2.05) is 19.0 Å². The van der Waals surface area contributed by atoms with Gasteiger partial charge in [0.15, 0.2) is 0 Å². The second-order valence-electron chi connectivity index (χ2n) is 9.65. The minimum absolute atomic E-state index is 0.00714. The molecule has 36 heavy (non-hydrogen) atoms. The summed E-state index contributed by atoms with van der Waals surface area (Å²) in [5.41, 5.74) is 0.487. The summed E-state index contributed by atoms with van der Waals surface area (Å²) in [6.07, 6.45) is -2.72. The maximum Gasteiger partial charge on any atom is 0.395 e. The van der Waals surface area contributed by atoms with Crippen LogP contribution in [-0.4, -0.2) is 61.6 Å². The van der Waals surface area contributed by atoms with Crippen LogP contribution in [0.1, 0.15) is 52.4 Å². The lowest BCUT2D eigenvalue weighted by atomic mass is 9.80. The lowest BCUT2D eigenvalue weighted by Crippen LogP contribution is -2.42. The van der Waals surface area contributed by atoms with Crippen molar-refractivity contribution >= 4 is 23.4 Å². The van der Waals surface area contributed by atoms with Crippen molar-refractivity contribution in [2.45, 2.75) is 50.7 Å². The summed E-state index contributed by atoms with van der Waals surface area (Å²) in [4.78, 5) is 30.8. The number of rotatable bonds is 10. The first-order valence-electron chi connectivity index (χ1n) is 11.8. The van der Waals surface area contributed by atoms with E-state index in [0.29, 0.717) is 28.3 Å². The highest BCUT2D eigenvalue weighted by Crippen LogP contribution is 2.66. The van der Waals surface area contributed by atoms with Gasteiger partial charge in [0, 0.05) is 54.4 Å². The molecule has 2 atom stereocenters. The van der Waals surface area contributed by atoms with Crippen LogP contribution in [0.25, 0.3) is 0 Å². The fraction of sp³-hybridized carbons (Fsp3) is 0.500. The zero-order valence-electron chi connectivity index (χ0n) is 20.9. The van der Waals surface area contributed by atoms with E-state index in [2.05, 4.69) is 15.6 Å². The van der Waals surface area contributed by atoms with Gasteiger partial charge in [0.05, 0.1) is 5.41 Å². The number of nitrogens with zero attached hydrogens (tertiary/aromatic N) is 2. The molecule has 0 bridgehead atoms. The number of carbonyl (C=O) groups excluding carboxylic acids is 2. The van der Waals surface area contributed by atoms with Gasteiger partial charge in [-0.15, -0.1) is 0 Å². The average molecular weight is 525 g/mol. The summed E-state index contributed by atoms with van der Waals surface area (Å²) in [6, 6.07) is 8.19. The summed E-state index contributed by atoms with van der Waals surface area (Å²) in [7, 11) is 5.25. The van der Waals surface area contributed by atoms with Gasteiger partial charge >= 0.3 is 6.18 Å². The van der Waals surface area contributed by atoms with E-state index < -0.39 is 23.4 Å². The van der Waals surface area contributed by atoms with Crippen molar-refractivity contribution < 1.29 is 22.8 Å². The summed E-state index contributed by atoms with van der Waals surface area (Å²) in [5, 5.41) is 5.81. The van der Waals surface area contributed by atoms with Gasteiger partial charge in [-0.3, -0.25) is 14.6 Å². The third kappa shape index (κ3) is 6.37. The molecular weight excluding hydrogens is 493 g/mol. The van der Waals surface area contributed by atoms with E-state index in [-0.39, 0.29) is 37.8 Å². The summed E-state index contributed by atoms with van der Waals surface area (Å²) in [6.45, 7) is 2.00. The Morgan fingerprint density at radius 1 is 1.19 bits per heavy atom. The number of likely N-dealkylation sites (N-methyl/N-ethyl adjacent to an activating group) is 1. The summed E-state index contributed by atoms with van der Waals surface area (Å²) in [5.74, 6) is -1.68. The van der Waals surface area contributed by atoms with Gasteiger partial charge in [-0.1, -0.05) is 23.7 Å². The molecule has 0 saturated heterocycles. The molecule has 2 N–H and O–H groups in total. The van der Waals surface area contributed by atoms with Gasteiger partial charge in [0.25, 0.3) is 5.91 Å². The van der Waals surface area contributed by atoms with Crippen LogP contribution >= 0.6 is 11.6 Å². The van der Waals surface area contributed by atoms with Gasteiger partial charge in [-0.25, -0.2) is 0 Å². The van der Waals surface area contributed by atoms with Gasteiger partial charge in [0.1, 0.15) is 0 Å². The number of amides is 2. The Morgan fingerprint density at radius 2 is 1.89 bits per heavy atom. The Hall–Kier alpha value is -2.65. The predicted octanol–water partition coefficient (Wildman–Crippen LogP) is 4.51. The van der Waals surface area contributed by atoms with E-state index >= 15 is 0 Å². The third-order valence-corrected chi connectivity index (χ3v) is 7.36. The fourth-order valence-corrected chi connectivity index (χ4v) is 4.72. The smallest absolute Gasteiger partial charge is 0.355 e. The number of halogens is 4. The number of alkyl halides is 3. The van der Waals surface area contributed by atoms with Crippen LogP contribution in [0, 0.1) is 12.3 Å². The van der Waals surface area contributed by atoms with Crippen molar-refractivity contribution in [2.75, 3.05) is 27.7 Å². The minimum atomic E-state index is -4.40. The number of carbonyl (C=O) groups is 2. The molecule has 0 aliphatic heterocycles. The molecule has 1 aliphatic carbocycles. The number of hydrogen-bond donors (Lipinski definition) is 2. The van der Waals surface area contributed by atoms with E-state index in [9.17, 15) is 22.8 Å². The van der Waals surface area contributed by atoms with Gasteiger partial charge in [0.2, 0.25) is 5.91 Å². The molecule has 1 aromatic carbocycles. The molecule has 2 aromatic rings. The maximum absolute atomic E-state index is 14.0. The number of nitrogens with one attached hydrogen (secondary N) is 2. The highest BCUT2D eigenvalue weighted by atomic mass is 35.5. The fourth-order valence-electron chi connectivity index (χ4n) is 4.46. The molecule has 0 spiro atoms. The predicted molar refractivity (Wildman–Crippen MR) is 133 cm³/mol. The Balaban J connectivity index is 1.70. The molecule has 0 unspecified atom stereocenters. The zero-order valence-corrected chi connectivity index (χ0v) is 21.6. The van der Waals surface area contributed by atoms with Crippen LogP contribution in [0.2, 0.25) is 5.02 Å². The van der Waals surface area contributed by atoms with E-state index in [4.69, 9.17) is 11.6 Å². The quantitative estimate of drug-likeness (QED) is 0.480. The lowest BCUT2D eigenvalue weighted by molar-refractivity contribution is -0.194. The van der Waals surface area contributed by atoms with Crippen molar-refractivity contribution in [3.63, 3.8) is 0 Å². The van der Waals surface area contributed by atoms with E-state index in [1.165, 1.54) is 13.2 Å². The second kappa shape index (κ2) is 11.2. The Kier molecular flexibility index (Phi) is 8.67. The molecule has 10 heteroatoms. The van der Waals surface area contributed by atoms with Crippen molar-refractivity contribution in [1.29, 1.82) is 0 Å². The molecule has 1 heterocycles. The molecule has 1 saturated carbocycles. The van der Waals surface area contributed by atoms with E-state index in [0.717, 1.165) is 5.56 Å². The standard InChI is InChI=1S/C26H32ClF3N4O2/c1-16-5-6-19(14-32-16)21(25(9-10-25)26(28,29)30)13-23(35)33-15-20(34(3)4)11-17-7-8-18(12-22(17)27)24(36)31-2/h5-8,12,14,20-21H,9-11,13,15H2,1-4H3,(H,31,36)(H,33,35)/t20-,21+/m0/s1. The van der Waals surface area contributed by atoms with Crippen LogP contribution in [0.3, 0.4) is 0 Å². The Bertz CT molecular complexity index is 1090. The normalized spacial score (nSPS) is 16.4. The molecule has 1 aliphatic rings. The number of hydrogen-bond acceptors (Lipinski definition) is 4. The maximum atomic E-state index is 14.0. The van der Waals surface area contributed by atoms with Gasteiger partial charge < -0.3 is 15.5 Å². The first-order valence-corrected chi connectivity index (χ1v) is 12.2. The van der Waals surface area contributed by atoms with Crippen molar-refractivity contribution in [3.05, 3.63) is 63.9 Å². The van der Waals surface area contributed by atoms with Crippen molar-refractivity contribution in [2.24, 2.45) is 5.41 Å². The summed E-state index contributed by atoms with van der Waals surface area (Å²) < 4.78 is 41.9. The molecule has 6 nitrogen and oxygen atoms in total. The molecule has 1 fully saturated rings. The minimum Gasteiger partial charge on any atom is -0.355 e. The van der Waals surface area contributed by atoms with Gasteiger partial charge in [-0.2, -0.15) is 13.2 Å². The number of benzene rings is 1. The van der Waals surface area contributed by atoms with Crippen LogP contribution in [0.15, 0.2) is 36.5 Å². The molecule has 2 amide bonds. The van der Waals surface area contributed by atoms with Crippen LogP contribution in [0.5, 0.6) is 0 Å². The lowest BCUT2D eigenvalue weighted by Gasteiger charge is -2.30. The van der Waals surface area contributed by atoms with Crippen LogP contribution < -0.4 is 10.6 Å². The number of aryl methyl sites for hydroxylation is 1. The van der Waals surface area contributed by atoms with Gasteiger partial charge in [-0.05, 0) is 69.6 Å². The largest absolute Gasteiger partial charge is 0.395 e. The first-order chi connectivity index (χ1) is 16.9. The molecule has 1 aromatic heterocycles. The van der Waals surface area contributed by atoms with Crippen LogP contribution in [0.4, 0.5) is 13.2 Å². The molecular formula is C26H32ClF3N4O2. The second-order valence-corrected chi connectivity index (χ2v) is 10.1. The monoisotopic (exact) mass is 524 g/mol. The molecule has 0 radical (unpaired) electrons. The third-order valence-electron chi connectivity index (χ3n) is 7.01. The molecule has 196 valence electrons. The number of aromatic nitrogens is 1. The summed E-state index contributed by atoms with van der Waals surface area (Å²) >= 11 is 6.39.